The molecule has 0 aromatic carbocycles. The lowest BCUT2D eigenvalue weighted by Crippen LogP contribution is -2.17. The van der Waals surface area contributed by atoms with Gasteiger partial charge in [0.05, 0.1) is 0 Å². The van der Waals surface area contributed by atoms with E-state index in [-0.39, 0.29) is 0 Å². The summed E-state index contributed by atoms with van der Waals surface area (Å²) in [4.78, 5) is 2.23. The highest BCUT2D eigenvalue weighted by atomic mass is 15.0. The van der Waals surface area contributed by atoms with Gasteiger partial charge in [0.2, 0.25) is 0 Å². The number of nitrogens with zero attached hydrogens (tertiary/aromatic N) is 1. The Morgan fingerprint density at radius 1 is 1.08 bits per heavy atom. The molecule has 12 heavy (non-hydrogen) atoms. The Kier molecular flexibility index (Phi) is 16.3. The van der Waals surface area contributed by atoms with Gasteiger partial charge in [-0.05, 0) is 46.6 Å². The largest absolute Gasteiger partial charge is 0.317 e. The molecule has 0 unspecified atom stereocenters. The molecule has 0 bridgehead atoms. The molecule has 0 aliphatic heterocycles. The van der Waals surface area contributed by atoms with Crippen LogP contribution in [-0.4, -0.2) is 38.6 Å². The molecule has 0 saturated heterocycles. The van der Waals surface area contributed by atoms with Crippen LogP contribution in [0.5, 0.6) is 0 Å². The van der Waals surface area contributed by atoms with Gasteiger partial charge in [-0.3, -0.25) is 0 Å². The summed E-state index contributed by atoms with van der Waals surface area (Å²) in [5, 5.41) is 3.30. The first-order valence-electron chi connectivity index (χ1n) is 5.12. The van der Waals surface area contributed by atoms with Crippen molar-refractivity contribution in [1.82, 2.24) is 10.2 Å². The van der Waals surface area contributed by atoms with E-state index < -0.39 is 0 Å². The van der Waals surface area contributed by atoms with Crippen LogP contribution < -0.4 is 5.32 Å². The summed E-state index contributed by atoms with van der Waals surface area (Å²) in [6.45, 7) is 9.63. The predicted octanol–water partition coefficient (Wildman–Crippen LogP) is 1.96. The second-order valence-electron chi connectivity index (χ2n) is 2.86. The maximum absolute atomic E-state index is 3.30. The van der Waals surface area contributed by atoms with Crippen LogP contribution in [0, 0.1) is 0 Å². The Hall–Kier alpha value is -0.0800. The zero-order chi connectivity index (χ0) is 9.82. The van der Waals surface area contributed by atoms with Gasteiger partial charge in [0.15, 0.2) is 0 Å². The molecule has 0 amide bonds. The Morgan fingerprint density at radius 2 is 1.67 bits per heavy atom. The van der Waals surface area contributed by atoms with E-state index in [0.29, 0.717) is 0 Å². The van der Waals surface area contributed by atoms with E-state index in [2.05, 4.69) is 31.2 Å². The Balaban J connectivity index is 0. The third-order valence-electron chi connectivity index (χ3n) is 1.46. The standard InChI is InChI=1S/C8H20N2.C2H6/c1-4-9-7-5-6-8-10(2)3;1-2/h9H,4-8H2,1-3H3;1-2H3. The fourth-order valence-electron chi connectivity index (χ4n) is 0.855. The summed E-state index contributed by atoms with van der Waals surface area (Å²) >= 11 is 0. The van der Waals surface area contributed by atoms with Crippen LogP contribution >= 0.6 is 0 Å². The summed E-state index contributed by atoms with van der Waals surface area (Å²) < 4.78 is 0. The molecule has 0 aromatic rings. The molecular weight excluding hydrogens is 148 g/mol. The van der Waals surface area contributed by atoms with Crippen molar-refractivity contribution in [3.63, 3.8) is 0 Å². The lowest BCUT2D eigenvalue weighted by molar-refractivity contribution is 0.392. The van der Waals surface area contributed by atoms with Gasteiger partial charge in [0.1, 0.15) is 0 Å². The molecule has 0 atom stereocenters. The fourth-order valence-corrected chi connectivity index (χ4v) is 0.855. The van der Waals surface area contributed by atoms with Gasteiger partial charge in [0, 0.05) is 0 Å². The maximum atomic E-state index is 3.30. The van der Waals surface area contributed by atoms with Gasteiger partial charge in [-0.15, -0.1) is 0 Å². The summed E-state index contributed by atoms with van der Waals surface area (Å²) in [6.07, 6.45) is 2.60. The molecule has 0 radical (unpaired) electrons. The number of nitrogens with one attached hydrogen (secondary N) is 1. The molecular formula is C10H26N2. The number of hydrogen-bond donors (Lipinski definition) is 1. The lowest BCUT2D eigenvalue weighted by atomic mass is 10.3. The molecule has 0 aliphatic rings. The molecule has 2 heteroatoms. The van der Waals surface area contributed by atoms with Crippen LogP contribution in [-0.2, 0) is 0 Å². The average molecular weight is 174 g/mol. The number of hydrogen-bond acceptors (Lipinski definition) is 2. The van der Waals surface area contributed by atoms with Gasteiger partial charge in [-0.1, -0.05) is 20.8 Å². The summed E-state index contributed by atoms with van der Waals surface area (Å²) in [6, 6.07) is 0. The van der Waals surface area contributed by atoms with E-state index in [1.807, 2.05) is 13.8 Å². The first-order chi connectivity index (χ1) is 5.77. The topological polar surface area (TPSA) is 15.3 Å². The predicted molar refractivity (Wildman–Crippen MR) is 57.7 cm³/mol. The molecule has 2 nitrogen and oxygen atoms in total. The highest BCUT2D eigenvalue weighted by Gasteiger charge is 1.89. The van der Waals surface area contributed by atoms with Crippen molar-refractivity contribution in [2.24, 2.45) is 0 Å². The second-order valence-corrected chi connectivity index (χ2v) is 2.86. The van der Waals surface area contributed by atoms with Crippen molar-refractivity contribution in [3.05, 3.63) is 0 Å². The van der Waals surface area contributed by atoms with Crippen molar-refractivity contribution >= 4 is 0 Å². The van der Waals surface area contributed by atoms with Crippen LogP contribution in [0.15, 0.2) is 0 Å². The van der Waals surface area contributed by atoms with Crippen LogP contribution in [0.3, 0.4) is 0 Å². The minimum absolute atomic E-state index is 1.10. The third-order valence-corrected chi connectivity index (χ3v) is 1.46. The van der Waals surface area contributed by atoms with E-state index in [4.69, 9.17) is 0 Å². The highest BCUT2D eigenvalue weighted by Crippen LogP contribution is 1.87. The average Bonchev–Trinajstić information content (AvgIpc) is 2.07. The van der Waals surface area contributed by atoms with Crippen molar-refractivity contribution in [2.45, 2.75) is 33.6 Å². The van der Waals surface area contributed by atoms with Crippen LogP contribution in [0.25, 0.3) is 0 Å². The summed E-state index contributed by atoms with van der Waals surface area (Å²) in [5.41, 5.74) is 0. The summed E-state index contributed by atoms with van der Waals surface area (Å²) in [7, 11) is 4.24. The van der Waals surface area contributed by atoms with Gasteiger partial charge in [-0.25, -0.2) is 0 Å². The highest BCUT2D eigenvalue weighted by molar-refractivity contribution is 4.48. The van der Waals surface area contributed by atoms with Crippen molar-refractivity contribution < 1.29 is 0 Å². The maximum Gasteiger partial charge on any atom is -0.00244 e. The molecule has 0 rings (SSSR count). The third kappa shape index (κ3) is 16.5. The van der Waals surface area contributed by atoms with E-state index in [9.17, 15) is 0 Å². The zero-order valence-electron chi connectivity index (χ0n) is 9.48. The SMILES string of the molecule is CC.CCNCCCCN(C)C. The molecule has 0 spiro atoms. The summed E-state index contributed by atoms with van der Waals surface area (Å²) in [5.74, 6) is 0. The van der Waals surface area contributed by atoms with Gasteiger partial charge in [-0.2, -0.15) is 0 Å². The molecule has 0 saturated carbocycles. The molecule has 0 aliphatic carbocycles. The van der Waals surface area contributed by atoms with E-state index in [0.717, 1.165) is 6.54 Å². The number of rotatable bonds is 6. The molecule has 1 N–H and O–H groups in total. The minimum Gasteiger partial charge on any atom is -0.317 e. The van der Waals surface area contributed by atoms with E-state index in [1.54, 1.807) is 0 Å². The molecule has 0 fully saturated rings. The molecule has 0 aromatic heterocycles. The van der Waals surface area contributed by atoms with Crippen molar-refractivity contribution in [1.29, 1.82) is 0 Å². The lowest BCUT2D eigenvalue weighted by Gasteiger charge is -2.08. The monoisotopic (exact) mass is 174 g/mol. The van der Waals surface area contributed by atoms with Crippen LogP contribution in [0.1, 0.15) is 33.6 Å². The van der Waals surface area contributed by atoms with E-state index in [1.165, 1.54) is 25.9 Å². The zero-order valence-corrected chi connectivity index (χ0v) is 9.48. The first kappa shape index (κ1) is 14.4. The minimum atomic E-state index is 1.10. The Bertz CT molecular complexity index is 62.9. The molecule has 0 heterocycles. The Morgan fingerprint density at radius 3 is 2.08 bits per heavy atom. The molecule has 76 valence electrons. The fraction of sp³-hybridized carbons (Fsp3) is 1.00. The first-order valence-corrected chi connectivity index (χ1v) is 5.12. The number of unbranched alkanes of at least 4 members (excludes halogenated alkanes) is 1. The van der Waals surface area contributed by atoms with Crippen LogP contribution in [0.2, 0.25) is 0 Å². The van der Waals surface area contributed by atoms with Crippen LogP contribution in [0.4, 0.5) is 0 Å². The van der Waals surface area contributed by atoms with Crippen molar-refractivity contribution in [3.8, 4) is 0 Å². The van der Waals surface area contributed by atoms with E-state index >= 15 is 0 Å². The quantitative estimate of drug-likeness (QED) is 0.619. The normalized spacial score (nSPS) is 9.50. The van der Waals surface area contributed by atoms with Gasteiger partial charge in [0.25, 0.3) is 0 Å². The van der Waals surface area contributed by atoms with Crippen molar-refractivity contribution in [2.75, 3.05) is 33.7 Å². The second kappa shape index (κ2) is 13.5. The van der Waals surface area contributed by atoms with Gasteiger partial charge >= 0.3 is 0 Å². The smallest absolute Gasteiger partial charge is 0.00244 e. The Labute approximate surface area is 78.3 Å². The van der Waals surface area contributed by atoms with Gasteiger partial charge < -0.3 is 10.2 Å².